The van der Waals surface area contributed by atoms with Crippen molar-refractivity contribution in [2.75, 3.05) is 32.0 Å². The second-order valence-electron chi connectivity index (χ2n) is 4.39. The molecular formula is C13H20O2S. The van der Waals surface area contributed by atoms with Crippen molar-refractivity contribution < 1.29 is 9.47 Å². The predicted octanol–water partition coefficient (Wildman–Crippen LogP) is 2.82. The molecule has 0 amide bonds. The summed E-state index contributed by atoms with van der Waals surface area (Å²) < 4.78 is 10.6. The SMILES string of the molecule is COc1cc(OC)cc(C2CC[SH](C)C2)c1. The molecule has 1 aliphatic rings. The van der Waals surface area contributed by atoms with Gasteiger partial charge in [0.25, 0.3) is 0 Å². The monoisotopic (exact) mass is 240 g/mol. The van der Waals surface area contributed by atoms with Crippen LogP contribution in [-0.4, -0.2) is 32.0 Å². The average molecular weight is 240 g/mol. The average Bonchev–Trinajstić information content (AvgIpc) is 2.75. The molecule has 0 saturated carbocycles. The zero-order valence-electron chi connectivity index (χ0n) is 10.2. The van der Waals surface area contributed by atoms with Gasteiger partial charge in [0.1, 0.15) is 11.5 Å². The number of benzene rings is 1. The molecule has 90 valence electrons. The van der Waals surface area contributed by atoms with Gasteiger partial charge in [0.15, 0.2) is 0 Å². The maximum Gasteiger partial charge on any atom is 0.122 e. The Morgan fingerprint density at radius 1 is 1.12 bits per heavy atom. The van der Waals surface area contributed by atoms with Crippen molar-refractivity contribution in [1.29, 1.82) is 0 Å². The van der Waals surface area contributed by atoms with E-state index < -0.39 is 0 Å². The molecule has 1 aromatic rings. The maximum atomic E-state index is 5.31. The van der Waals surface area contributed by atoms with E-state index in [-0.39, 0.29) is 10.9 Å². The van der Waals surface area contributed by atoms with Gasteiger partial charge in [0.05, 0.1) is 14.2 Å². The molecule has 1 heterocycles. The van der Waals surface area contributed by atoms with Crippen LogP contribution in [0, 0.1) is 0 Å². The summed E-state index contributed by atoms with van der Waals surface area (Å²) in [6.45, 7) is 0. The van der Waals surface area contributed by atoms with Crippen molar-refractivity contribution in [2.24, 2.45) is 0 Å². The Labute approximate surface area is 100 Å². The molecule has 3 heteroatoms. The molecule has 1 aromatic carbocycles. The van der Waals surface area contributed by atoms with Crippen LogP contribution >= 0.6 is 10.9 Å². The van der Waals surface area contributed by atoms with Gasteiger partial charge in [-0.3, -0.25) is 10.9 Å². The van der Waals surface area contributed by atoms with E-state index in [1.807, 2.05) is 6.07 Å². The molecule has 0 radical (unpaired) electrons. The van der Waals surface area contributed by atoms with Crippen molar-refractivity contribution in [1.82, 2.24) is 0 Å². The van der Waals surface area contributed by atoms with E-state index in [0.717, 1.165) is 11.5 Å². The van der Waals surface area contributed by atoms with Gasteiger partial charge in [-0.1, -0.05) is 0 Å². The van der Waals surface area contributed by atoms with E-state index in [0.29, 0.717) is 5.92 Å². The van der Waals surface area contributed by atoms with Crippen molar-refractivity contribution in [2.45, 2.75) is 12.3 Å². The van der Waals surface area contributed by atoms with Gasteiger partial charge in [-0.15, -0.1) is 0 Å². The Balaban J connectivity index is 2.25. The van der Waals surface area contributed by atoms with Crippen molar-refractivity contribution in [3.05, 3.63) is 23.8 Å². The zero-order valence-corrected chi connectivity index (χ0v) is 11.1. The number of ether oxygens (including phenoxy) is 2. The molecule has 2 atom stereocenters. The minimum atomic E-state index is 0.263. The molecule has 0 aliphatic carbocycles. The third-order valence-corrected chi connectivity index (χ3v) is 5.32. The zero-order chi connectivity index (χ0) is 11.5. The third kappa shape index (κ3) is 2.46. The fourth-order valence-corrected chi connectivity index (χ4v) is 4.35. The van der Waals surface area contributed by atoms with Crippen molar-refractivity contribution in [3.63, 3.8) is 0 Å². The molecule has 2 unspecified atom stereocenters. The molecule has 2 nitrogen and oxygen atoms in total. The summed E-state index contributed by atoms with van der Waals surface area (Å²) in [5.74, 6) is 5.27. The quantitative estimate of drug-likeness (QED) is 0.819. The Hall–Kier alpha value is -0.830. The summed E-state index contributed by atoms with van der Waals surface area (Å²) in [7, 11) is 3.68. The topological polar surface area (TPSA) is 18.5 Å². The highest BCUT2D eigenvalue weighted by molar-refractivity contribution is 8.16. The van der Waals surface area contributed by atoms with Crippen molar-refractivity contribution >= 4 is 10.9 Å². The van der Waals surface area contributed by atoms with Crippen LogP contribution in [0.15, 0.2) is 18.2 Å². The third-order valence-electron chi connectivity index (χ3n) is 3.24. The minimum Gasteiger partial charge on any atom is -0.497 e. The van der Waals surface area contributed by atoms with Gasteiger partial charge in [-0.25, -0.2) is 0 Å². The summed E-state index contributed by atoms with van der Waals surface area (Å²) in [5, 5.41) is 0. The van der Waals surface area contributed by atoms with Crippen LogP contribution in [0.25, 0.3) is 0 Å². The Bertz CT molecular complexity index is 343. The van der Waals surface area contributed by atoms with Crippen LogP contribution in [0.5, 0.6) is 11.5 Å². The number of methoxy groups -OCH3 is 2. The van der Waals surface area contributed by atoms with Crippen molar-refractivity contribution in [3.8, 4) is 11.5 Å². The van der Waals surface area contributed by atoms with Crippen LogP contribution in [0.4, 0.5) is 0 Å². The maximum absolute atomic E-state index is 5.31. The Kier molecular flexibility index (Phi) is 3.64. The molecule has 0 aromatic heterocycles. The standard InChI is InChI=1S/C13H20O2S/c1-14-12-6-11(7-13(8-12)15-2)10-4-5-16(3)9-10/h6-8,10,16H,4-5,9H2,1-3H3. The first kappa shape index (κ1) is 11.6. The molecule has 1 saturated heterocycles. The summed E-state index contributed by atoms with van der Waals surface area (Å²) in [6.07, 6.45) is 3.71. The van der Waals surface area contributed by atoms with Crippen LogP contribution < -0.4 is 9.47 Å². The first-order valence-electron chi connectivity index (χ1n) is 5.64. The second-order valence-corrected chi connectivity index (χ2v) is 6.92. The summed E-state index contributed by atoms with van der Waals surface area (Å²) >= 11 is 0. The fourth-order valence-electron chi connectivity index (χ4n) is 2.27. The van der Waals surface area contributed by atoms with Gasteiger partial charge >= 0.3 is 0 Å². The highest BCUT2D eigenvalue weighted by Gasteiger charge is 2.21. The van der Waals surface area contributed by atoms with E-state index in [2.05, 4.69) is 18.4 Å². The van der Waals surface area contributed by atoms with Gasteiger partial charge in [-0.05, 0) is 47.8 Å². The molecular weight excluding hydrogens is 220 g/mol. The highest BCUT2D eigenvalue weighted by atomic mass is 32.2. The highest BCUT2D eigenvalue weighted by Crippen LogP contribution is 2.42. The van der Waals surface area contributed by atoms with Crippen LogP contribution in [0.3, 0.4) is 0 Å². The van der Waals surface area contributed by atoms with Crippen LogP contribution in [-0.2, 0) is 0 Å². The summed E-state index contributed by atoms with van der Waals surface area (Å²) in [5.41, 5.74) is 1.38. The van der Waals surface area contributed by atoms with Crippen LogP contribution in [0.2, 0.25) is 0 Å². The van der Waals surface area contributed by atoms with E-state index >= 15 is 0 Å². The normalized spacial score (nSPS) is 26.7. The first-order chi connectivity index (χ1) is 7.72. The fraction of sp³-hybridized carbons (Fsp3) is 0.538. The van der Waals surface area contributed by atoms with Gasteiger partial charge in [-0.2, -0.15) is 0 Å². The number of rotatable bonds is 3. The van der Waals surface area contributed by atoms with Gasteiger partial charge < -0.3 is 9.47 Å². The number of hydrogen-bond acceptors (Lipinski definition) is 2. The van der Waals surface area contributed by atoms with Gasteiger partial charge in [0, 0.05) is 6.07 Å². The Morgan fingerprint density at radius 3 is 2.19 bits per heavy atom. The molecule has 0 spiro atoms. The van der Waals surface area contributed by atoms with E-state index in [9.17, 15) is 0 Å². The molecule has 1 aliphatic heterocycles. The molecule has 1 fully saturated rings. The largest absolute Gasteiger partial charge is 0.497 e. The lowest BCUT2D eigenvalue weighted by Crippen LogP contribution is -1.98. The molecule has 0 N–H and O–H groups in total. The lowest BCUT2D eigenvalue weighted by atomic mass is 9.98. The van der Waals surface area contributed by atoms with E-state index in [1.165, 1.54) is 23.5 Å². The minimum absolute atomic E-state index is 0.263. The molecule has 0 bridgehead atoms. The number of hydrogen-bond donors (Lipinski definition) is 1. The van der Waals surface area contributed by atoms with E-state index in [1.54, 1.807) is 14.2 Å². The van der Waals surface area contributed by atoms with E-state index in [4.69, 9.17) is 9.47 Å². The summed E-state index contributed by atoms with van der Waals surface area (Å²) in [4.78, 5) is 0. The Morgan fingerprint density at radius 2 is 1.75 bits per heavy atom. The van der Waals surface area contributed by atoms with Gasteiger partial charge in [0.2, 0.25) is 0 Å². The predicted molar refractivity (Wildman–Crippen MR) is 71.5 cm³/mol. The smallest absolute Gasteiger partial charge is 0.122 e. The lowest BCUT2D eigenvalue weighted by Gasteiger charge is -2.14. The lowest BCUT2D eigenvalue weighted by molar-refractivity contribution is 0.393. The second kappa shape index (κ2) is 5.00. The molecule has 16 heavy (non-hydrogen) atoms. The first-order valence-corrected chi connectivity index (χ1v) is 7.80. The summed E-state index contributed by atoms with van der Waals surface area (Å²) in [6, 6.07) is 6.25. The van der Waals surface area contributed by atoms with Crippen LogP contribution in [0.1, 0.15) is 17.9 Å². The molecule has 2 rings (SSSR count). The number of thiol groups is 1.